The summed E-state index contributed by atoms with van der Waals surface area (Å²) in [5.41, 5.74) is 4.40. The van der Waals surface area contributed by atoms with Crippen molar-refractivity contribution in [2.75, 3.05) is 6.61 Å². The van der Waals surface area contributed by atoms with Crippen LogP contribution >= 0.6 is 0 Å². The molecule has 0 spiro atoms. The molecule has 0 saturated carbocycles. The normalized spacial score (nSPS) is 13.6. The van der Waals surface area contributed by atoms with Gasteiger partial charge in [0.15, 0.2) is 0 Å². The van der Waals surface area contributed by atoms with E-state index in [1.54, 1.807) is 0 Å². The van der Waals surface area contributed by atoms with Gasteiger partial charge in [0.2, 0.25) is 0 Å². The standard InChI is InChI=1S/C12H12F5NO4/c1-2-21-10(20)11(13,14)9(18)7-5-6(3-4-8(7)19)22-12(15,16)17/h3-5,9,19H,2,18H2,1H3/t9-/m1/s1. The van der Waals surface area contributed by atoms with E-state index in [0.717, 1.165) is 0 Å². The Bertz CT molecular complexity index is 547. The topological polar surface area (TPSA) is 81.8 Å². The number of halogens is 5. The Morgan fingerprint density at radius 2 is 1.91 bits per heavy atom. The molecular weight excluding hydrogens is 317 g/mol. The fourth-order valence-corrected chi connectivity index (χ4v) is 1.53. The summed E-state index contributed by atoms with van der Waals surface area (Å²) in [5.74, 6) is -7.88. The second-order valence-corrected chi connectivity index (χ2v) is 4.09. The van der Waals surface area contributed by atoms with E-state index in [1.807, 2.05) is 0 Å². The second kappa shape index (κ2) is 6.34. The average Bonchev–Trinajstić information content (AvgIpc) is 2.38. The first kappa shape index (κ1) is 18.0. The van der Waals surface area contributed by atoms with Crippen molar-refractivity contribution in [3.63, 3.8) is 0 Å². The highest BCUT2D eigenvalue weighted by molar-refractivity contribution is 5.79. The molecule has 1 atom stereocenters. The van der Waals surface area contributed by atoms with Crippen LogP contribution < -0.4 is 10.5 Å². The number of esters is 1. The third-order valence-corrected chi connectivity index (χ3v) is 2.51. The van der Waals surface area contributed by atoms with Crippen molar-refractivity contribution in [3.8, 4) is 11.5 Å². The number of phenolic OH excluding ortho intramolecular Hbond substituents is 1. The number of carbonyl (C=O) groups is 1. The van der Waals surface area contributed by atoms with Crippen molar-refractivity contribution >= 4 is 5.97 Å². The minimum atomic E-state index is -5.05. The van der Waals surface area contributed by atoms with Gasteiger partial charge in [-0.2, -0.15) is 8.78 Å². The van der Waals surface area contributed by atoms with Gasteiger partial charge in [0.05, 0.1) is 6.61 Å². The smallest absolute Gasteiger partial charge is 0.508 e. The molecule has 0 bridgehead atoms. The maximum Gasteiger partial charge on any atom is 0.573 e. The largest absolute Gasteiger partial charge is 0.573 e. The van der Waals surface area contributed by atoms with E-state index in [-0.39, 0.29) is 6.61 Å². The Balaban J connectivity index is 3.14. The van der Waals surface area contributed by atoms with Crippen LogP contribution in [0.2, 0.25) is 0 Å². The molecule has 3 N–H and O–H groups in total. The summed E-state index contributed by atoms with van der Waals surface area (Å²) in [7, 11) is 0. The van der Waals surface area contributed by atoms with Crippen LogP contribution in [-0.2, 0) is 9.53 Å². The molecule has 0 amide bonds. The Morgan fingerprint density at radius 1 is 1.32 bits per heavy atom. The number of phenols is 1. The number of benzene rings is 1. The fourth-order valence-electron chi connectivity index (χ4n) is 1.53. The highest BCUT2D eigenvalue weighted by Crippen LogP contribution is 2.37. The molecule has 1 aromatic carbocycles. The minimum Gasteiger partial charge on any atom is -0.508 e. The molecule has 1 rings (SSSR count). The molecule has 22 heavy (non-hydrogen) atoms. The van der Waals surface area contributed by atoms with Crippen LogP contribution in [0.4, 0.5) is 22.0 Å². The van der Waals surface area contributed by atoms with Crippen LogP contribution in [0.25, 0.3) is 0 Å². The summed E-state index contributed by atoms with van der Waals surface area (Å²) in [6.45, 7) is 0.944. The van der Waals surface area contributed by atoms with Crippen LogP contribution in [0.5, 0.6) is 11.5 Å². The molecule has 10 heteroatoms. The lowest BCUT2D eigenvalue weighted by Crippen LogP contribution is -2.41. The maximum absolute atomic E-state index is 13.8. The highest BCUT2D eigenvalue weighted by atomic mass is 19.4. The van der Waals surface area contributed by atoms with Gasteiger partial charge in [-0.05, 0) is 25.1 Å². The number of nitrogens with two attached hydrogens (primary N) is 1. The predicted octanol–water partition coefficient (Wildman–Crippen LogP) is 2.49. The maximum atomic E-state index is 13.8. The number of aromatic hydroxyl groups is 1. The van der Waals surface area contributed by atoms with Gasteiger partial charge in [0.1, 0.15) is 17.5 Å². The summed E-state index contributed by atoms with van der Waals surface area (Å²) >= 11 is 0. The first-order valence-electron chi connectivity index (χ1n) is 5.88. The van der Waals surface area contributed by atoms with E-state index >= 15 is 0 Å². The molecule has 0 fully saturated rings. The average molecular weight is 329 g/mol. The van der Waals surface area contributed by atoms with Crippen LogP contribution in [0.3, 0.4) is 0 Å². The molecule has 0 aliphatic rings. The lowest BCUT2D eigenvalue weighted by Gasteiger charge is -2.23. The lowest BCUT2D eigenvalue weighted by atomic mass is 10.00. The summed E-state index contributed by atoms with van der Waals surface area (Å²) in [5, 5.41) is 9.48. The van der Waals surface area contributed by atoms with Crippen molar-refractivity contribution in [1.29, 1.82) is 0 Å². The molecule has 5 nitrogen and oxygen atoms in total. The van der Waals surface area contributed by atoms with Gasteiger partial charge in [0, 0.05) is 5.56 Å². The number of hydrogen-bond donors (Lipinski definition) is 2. The Hall–Kier alpha value is -2.10. The summed E-state index contributed by atoms with van der Waals surface area (Å²) in [4.78, 5) is 11.2. The molecule has 0 aliphatic carbocycles. The summed E-state index contributed by atoms with van der Waals surface area (Å²) < 4.78 is 71.5. The zero-order valence-corrected chi connectivity index (χ0v) is 11.2. The van der Waals surface area contributed by atoms with E-state index in [4.69, 9.17) is 5.73 Å². The van der Waals surface area contributed by atoms with Crippen molar-refractivity contribution in [3.05, 3.63) is 23.8 Å². The Labute approximate surface area is 121 Å². The van der Waals surface area contributed by atoms with Gasteiger partial charge in [-0.1, -0.05) is 0 Å². The van der Waals surface area contributed by atoms with E-state index in [9.17, 15) is 31.9 Å². The molecular formula is C12H12F5NO4. The highest BCUT2D eigenvalue weighted by Gasteiger charge is 2.48. The lowest BCUT2D eigenvalue weighted by molar-refractivity contribution is -0.274. The van der Waals surface area contributed by atoms with Crippen molar-refractivity contribution in [2.45, 2.75) is 25.3 Å². The van der Waals surface area contributed by atoms with Crippen molar-refractivity contribution in [1.82, 2.24) is 0 Å². The molecule has 1 aromatic rings. The first-order chi connectivity index (χ1) is 9.99. The molecule has 0 aromatic heterocycles. The molecule has 0 aliphatic heterocycles. The number of alkyl halides is 5. The zero-order valence-electron chi connectivity index (χ0n) is 11.2. The predicted molar refractivity (Wildman–Crippen MR) is 63.3 cm³/mol. The van der Waals surface area contributed by atoms with Gasteiger partial charge in [-0.15, -0.1) is 13.2 Å². The van der Waals surface area contributed by atoms with Gasteiger partial charge in [0.25, 0.3) is 0 Å². The fraction of sp³-hybridized carbons (Fsp3) is 0.417. The van der Waals surface area contributed by atoms with Crippen molar-refractivity contribution in [2.24, 2.45) is 5.73 Å². The molecule has 0 unspecified atom stereocenters. The quantitative estimate of drug-likeness (QED) is 0.641. The number of rotatable bonds is 5. The summed E-state index contributed by atoms with van der Waals surface area (Å²) in [6.07, 6.45) is -5.05. The number of carbonyl (C=O) groups excluding carboxylic acids is 1. The molecule has 0 radical (unpaired) electrons. The second-order valence-electron chi connectivity index (χ2n) is 4.09. The first-order valence-corrected chi connectivity index (χ1v) is 5.88. The third-order valence-electron chi connectivity index (χ3n) is 2.51. The Kier molecular flexibility index (Phi) is 5.17. The number of ether oxygens (including phenoxy) is 2. The van der Waals surface area contributed by atoms with E-state index < -0.39 is 41.4 Å². The SMILES string of the molecule is CCOC(=O)C(F)(F)[C@H](N)c1cc(OC(F)(F)F)ccc1O. The van der Waals surface area contributed by atoms with Gasteiger partial charge in [-0.25, -0.2) is 4.79 Å². The zero-order chi connectivity index (χ0) is 17.1. The number of hydrogen-bond acceptors (Lipinski definition) is 5. The van der Waals surface area contributed by atoms with Crippen LogP contribution in [0, 0.1) is 0 Å². The van der Waals surface area contributed by atoms with Gasteiger partial charge >= 0.3 is 18.3 Å². The van der Waals surface area contributed by atoms with Crippen LogP contribution in [0.1, 0.15) is 18.5 Å². The van der Waals surface area contributed by atoms with E-state index in [0.29, 0.717) is 18.2 Å². The van der Waals surface area contributed by atoms with Gasteiger partial charge in [-0.3, -0.25) is 0 Å². The van der Waals surface area contributed by atoms with E-state index in [2.05, 4.69) is 9.47 Å². The molecule has 0 heterocycles. The Morgan fingerprint density at radius 3 is 2.41 bits per heavy atom. The van der Waals surface area contributed by atoms with E-state index in [1.165, 1.54) is 6.92 Å². The van der Waals surface area contributed by atoms with Crippen molar-refractivity contribution < 1.29 is 41.3 Å². The van der Waals surface area contributed by atoms with Gasteiger partial charge < -0.3 is 20.3 Å². The molecule has 0 saturated heterocycles. The monoisotopic (exact) mass is 329 g/mol. The van der Waals surface area contributed by atoms with Crippen LogP contribution in [-0.4, -0.2) is 30.0 Å². The summed E-state index contributed by atoms with van der Waals surface area (Å²) in [6, 6.07) is -0.539. The van der Waals surface area contributed by atoms with Crippen LogP contribution in [0.15, 0.2) is 18.2 Å². The molecule has 124 valence electrons. The minimum absolute atomic E-state index is 0.343. The third kappa shape index (κ3) is 4.20.